The predicted octanol–water partition coefficient (Wildman–Crippen LogP) is 0.782. The molecule has 1 fully saturated rings. The minimum absolute atomic E-state index is 0.154. The number of carbonyl (C=O) groups is 2. The Morgan fingerprint density at radius 2 is 2.00 bits per heavy atom. The largest absolute Gasteiger partial charge is 0.480 e. The first-order chi connectivity index (χ1) is 7.52. The minimum Gasteiger partial charge on any atom is -0.480 e. The van der Waals surface area contributed by atoms with Crippen LogP contribution < -0.4 is 5.32 Å². The molecular weight excluding hydrogens is 210 g/mol. The zero-order chi connectivity index (χ0) is 12.2. The molecule has 16 heavy (non-hydrogen) atoms. The van der Waals surface area contributed by atoms with Crippen LogP contribution in [0.25, 0.3) is 0 Å². The number of aliphatic carboxylic acids is 1. The van der Waals surface area contributed by atoms with Gasteiger partial charge in [0.1, 0.15) is 5.54 Å². The fraction of sp³-hybridized carbons (Fsp3) is 0.818. The second-order valence-corrected chi connectivity index (χ2v) is 4.30. The highest BCUT2D eigenvalue weighted by Gasteiger charge is 2.41. The van der Waals surface area contributed by atoms with Gasteiger partial charge >= 0.3 is 5.97 Å². The third-order valence-corrected chi connectivity index (χ3v) is 3.18. The summed E-state index contributed by atoms with van der Waals surface area (Å²) in [6.07, 6.45) is 1.38. The molecule has 0 bridgehead atoms. The SMILES string of the molecule is CCC(C)C(=O)NC1(C(=O)O)CCOCC1. The van der Waals surface area contributed by atoms with Crippen LogP contribution in [0.4, 0.5) is 0 Å². The van der Waals surface area contributed by atoms with Gasteiger partial charge in [0, 0.05) is 32.0 Å². The Balaban J connectivity index is 2.71. The number of nitrogens with one attached hydrogen (secondary N) is 1. The van der Waals surface area contributed by atoms with Crippen molar-refractivity contribution in [1.82, 2.24) is 5.32 Å². The molecule has 1 amide bonds. The van der Waals surface area contributed by atoms with Crippen LogP contribution in [0, 0.1) is 5.92 Å². The van der Waals surface area contributed by atoms with E-state index in [2.05, 4.69) is 5.32 Å². The molecule has 1 atom stereocenters. The van der Waals surface area contributed by atoms with Gasteiger partial charge in [-0.15, -0.1) is 0 Å². The summed E-state index contributed by atoms with van der Waals surface area (Å²) in [6, 6.07) is 0. The fourth-order valence-corrected chi connectivity index (χ4v) is 1.66. The van der Waals surface area contributed by atoms with Gasteiger partial charge < -0.3 is 15.2 Å². The van der Waals surface area contributed by atoms with E-state index >= 15 is 0 Å². The number of carbonyl (C=O) groups excluding carboxylic acids is 1. The third kappa shape index (κ3) is 2.72. The third-order valence-electron chi connectivity index (χ3n) is 3.18. The topological polar surface area (TPSA) is 75.6 Å². The van der Waals surface area contributed by atoms with Crippen LogP contribution in [0.1, 0.15) is 33.1 Å². The van der Waals surface area contributed by atoms with E-state index in [0.717, 1.165) is 0 Å². The summed E-state index contributed by atoms with van der Waals surface area (Å²) in [5.74, 6) is -1.31. The Bertz CT molecular complexity index is 271. The first-order valence-electron chi connectivity index (χ1n) is 5.65. The monoisotopic (exact) mass is 229 g/mol. The molecule has 5 heteroatoms. The molecule has 5 nitrogen and oxygen atoms in total. The Hall–Kier alpha value is -1.10. The second kappa shape index (κ2) is 5.30. The average Bonchev–Trinajstić information content (AvgIpc) is 2.28. The minimum atomic E-state index is -1.13. The normalized spacial score (nSPS) is 21.1. The van der Waals surface area contributed by atoms with Gasteiger partial charge in [0.15, 0.2) is 0 Å². The number of carboxylic acid groups (broad SMARTS) is 1. The van der Waals surface area contributed by atoms with Crippen molar-refractivity contribution in [3.63, 3.8) is 0 Å². The summed E-state index contributed by atoms with van der Waals surface area (Å²) in [7, 11) is 0. The van der Waals surface area contributed by atoms with Crippen molar-refractivity contribution in [3.8, 4) is 0 Å². The molecule has 0 aromatic rings. The fourth-order valence-electron chi connectivity index (χ4n) is 1.66. The molecule has 0 aromatic carbocycles. The van der Waals surface area contributed by atoms with E-state index in [9.17, 15) is 14.7 Å². The van der Waals surface area contributed by atoms with Crippen LogP contribution in [0.3, 0.4) is 0 Å². The number of hydrogen-bond donors (Lipinski definition) is 2. The van der Waals surface area contributed by atoms with E-state index in [0.29, 0.717) is 32.5 Å². The molecule has 92 valence electrons. The summed E-state index contributed by atoms with van der Waals surface area (Å²) >= 11 is 0. The number of amides is 1. The van der Waals surface area contributed by atoms with Crippen molar-refractivity contribution >= 4 is 11.9 Å². The summed E-state index contributed by atoms with van der Waals surface area (Å²) in [4.78, 5) is 23.0. The molecular formula is C11H19NO4. The van der Waals surface area contributed by atoms with E-state index in [1.165, 1.54) is 0 Å². The Morgan fingerprint density at radius 1 is 1.44 bits per heavy atom. The van der Waals surface area contributed by atoms with Gasteiger partial charge in [0.25, 0.3) is 0 Å². The van der Waals surface area contributed by atoms with Crippen molar-refractivity contribution in [1.29, 1.82) is 0 Å². The van der Waals surface area contributed by atoms with Crippen molar-refractivity contribution in [3.05, 3.63) is 0 Å². The molecule has 0 saturated carbocycles. The molecule has 1 heterocycles. The molecule has 1 rings (SSSR count). The highest BCUT2D eigenvalue weighted by Crippen LogP contribution is 2.22. The standard InChI is InChI=1S/C11H19NO4/c1-3-8(2)9(13)12-11(10(14)15)4-6-16-7-5-11/h8H,3-7H2,1-2H3,(H,12,13)(H,14,15). The van der Waals surface area contributed by atoms with Crippen molar-refractivity contribution < 1.29 is 19.4 Å². The molecule has 0 aliphatic carbocycles. The van der Waals surface area contributed by atoms with Gasteiger partial charge in [-0.25, -0.2) is 4.79 Å². The van der Waals surface area contributed by atoms with Gasteiger partial charge in [0.05, 0.1) is 0 Å². The summed E-state index contributed by atoms with van der Waals surface area (Å²) < 4.78 is 5.13. The number of rotatable bonds is 4. The maximum absolute atomic E-state index is 11.7. The van der Waals surface area contributed by atoms with Gasteiger partial charge in [0.2, 0.25) is 5.91 Å². The van der Waals surface area contributed by atoms with E-state index in [1.54, 1.807) is 6.92 Å². The zero-order valence-corrected chi connectivity index (χ0v) is 9.78. The molecule has 1 aliphatic rings. The molecule has 1 saturated heterocycles. The summed E-state index contributed by atoms with van der Waals surface area (Å²) in [5.41, 5.74) is -1.13. The zero-order valence-electron chi connectivity index (χ0n) is 9.78. The van der Waals surface area contributed by atoms with Crippen molar-refractivity contribution in [2.45, 2.75) is 38.6 Å². The first-order valence-corrected chi connectivity index (χ1v) is 5.65. The summed E-state index contributed by atoms with van der Waals surface area (Å²) in [5, 5.41) is 11.9. The van der Waals surface area contributed by atoms with Crippen molar-refractivity contribution in [2.24, 2.45) is 5.92 Å². The highest BCUT2D eigenvalue weighted by molar-refractivity contribution is 5.88. The van der Waals surface area contributed by atoms with E-state index in [4.69, 9.17) is 4.74 Å². The molecule has 2 N–H and O–H groups in total. The van der Waals surface area contributed by atoms with Crippen LogP contribution in [0.5, 0.6) is 0 Å². The van der Waals surface area contributed by atoms with Gasteiger partial charge in [-0.05, 0) is 6.42 Å². The molecule has 0 aromatic heterocycles. The van der Waals surface area contributed by atoms with Gasteiger partial charge in [-0.1, -0.05) is 13.8 Å². The maximum atomic E-state index is 11.7. The summed E-state index contributed by atoms with van der Waals surface area (Å²) in [6.45, 7) is 4.46. The van der Waals surface area contributed by atoms with Crippen LogP contribution in [0.2, 0.25) is 0 Å². The van der Waals surface area contributed by atoms with Crippen LogP contribution >= 0.6 is 0 Å². The smallest absolute Gasteiger partial charge is 0.329 e. The lowest BCUT2D eigenvalue weighted by molar-refractivity contribution is -0.152. The van der Waals surface area contributed by atoms with Crippen LogP contribution in [-0.4, -0.2) is 35.7 Å². The van der Waals surface area contributed by atoms with E-state index < -0.39 is 11.5 Å². The Morgan fingerprint density at radius 3 is 2.44 bits per heavy atom. The molecule has 0 spiro atoms. The maximum Gasteiger partial charge on any atom is 0.329 e. The average molecular weight is 229 g/mol. The van der Waals surface area contributed by atoms with Gasteiger partial charge in [-0.2, -0.15) is 0 Å². The first kappa shape index (κ1) is 13.0. The molecule has 1 aliphatic heterocycles. The van der Waals surface area contributed by atoms with Crippen molar-refractivity contribution in [2.75, 3.05) is 13.2 Å². The molecule has 1 unspecified atom stereocenters. The Kier molecular flexibility index (Phi) is 4.29. The lowest BCUT2D eigenvalue weighted by Crippen LogP contribution is -2.58. The van der Waals surface area contributed by atoms with Crippen LogP contribution in [-0.2, 0) is 14.3 Å². The lowest BCUT2D eigenvalue weighted by atomic mass is 9.89. The number of carboxylic acids is 1. The lowest BCUT2D eigenvalue weighted by Gasteiger charge is -2.34. The number of ether oxygens (including phenoxy) is 1. The number of hydrogen-bond acceptors (Lipinski definition) is 3. The predicted molar refractivity (Wildman–Crippen MR) is 58.0 cm³/mol. The second-order valence-electron chi connectivity index (χ2n) is 4.30. The van der Waals surface area contributed by atoms with E-state index in [-0.39, 0.29) is 11.8 Å². The highest BCUT2D eigenvalue weighted by atomic mass is 16.5. The van der Waals surface area contributed by atoms with Gasteiger partial charge in [-0.3, -0.25) is 4.79 Å². The van der Waals surface area contributed by atoms with Crippen LogP contribution in [0.15, 0.2) is 0 Å². The Labute approximate surface area is 95.2 Å². The van der Waals surface area contributed by atoms with E-state index in [1.807, 2.05) is 6.92 Å². The quantitative estimate of drug-likeness (QED) is 0.747. The molecule has 0 radical (unpaired) electrons.